The van der Waals surface area contributed by atoms with Crippen LogP contribution < -0.4 is 5.32 Å². The van der Waals surface area contributed by atoms with Gasteiger partial charge >= 0.3 is 0 Å². The number of rotatable bonds is 4. The average Bonchev–Trinajstić information content (AvgIpc) is 3.30. The molecule has 7 heteroatoms. The fourth-order valence-electron chi connectivity index (χ4n) is 3.66. The van der Waals surface area contributed by atoms with Crippen LogP contribution in [0.2, 0.25) is 0 Å². The van der Waals surface area contributed by atoms with Crippen molar-refractivity contribution in [3.05, 3.63) is 84.1 Å². The van der Waals surface area contributed by atoms with Gasteiger partial charge in [0.2, 0.25) is 15.8 Å². The Balaban J connectivity index is 1.42. The van der Waals surface area contributed by atoms with E-state index in [-0.39, 0.29) is 15.8 Å². The topological polar surface area (TPSA) is 76.4 Å². The van der Waals surface area contributed by atoms with Crippen LogP contribution in [0, 0.1) is 0 Å². The SMILES string of the molecule is O=S(=O)(c1ccccc1)c1ccc2nc(NC3Cc4ccccc4C3)nn2c1. The molecule has 28 heavy (non-hydrogen) atoms. The summed E-state index contributed by atoms with van der Waals surface area (Å²) in [6, 6.07) is 20.3. The molecule has 6 nitrogen and oxygen atoms in total. The standard InChI is InChI=1S/C21H18N4O2S/c26-28(27,18-8-2-1-3-9-18)19-10-11-20-23-21(24-25(20)14-19)22-17-12-15-6-4-5-7-16(15)13-17/h1-11,14,17H,12-13H2,(H,22,24). The molecule has 0 saturated heterocycles. The molecule has 2 aromatic heterocycles. The second-order valence-electron chi connectivity index (χ2n) is 6.94. The number of nitrogens with one attached hydrogen (secondary N) is 1. The quantitative estimate of drug-likeness (QED) is 0.579. The first-order valence-corrected chi connectivity index (χ1v) is 10.6. The van der Waals surface area contributed by atoms with Crippen LogP contribution in [0.1, 0.15) is 11.1 Å². The Hall–Kier alpha value is -3.19. The first kappa shape index (κ1) is 16.9. The molecule has 0 radical (unpaired) electrons. The molecule has 0 unspecified atom stereocenters. The summed E-state index contributed by atoms with van der Waals surface area (Å²) in [5.74, 6) is 0.507. The third-order valence-electron chi connectivity index (χ3n) is 5.05. The minimum absolute atomic E-state index is 0.191. The van der Waals surface area contributed by atoms with Crippen molar-refractivity contribution in [2.75, 3.05) is 5.32 Å². The molecule has 0 aliphatic heterocycles. The number of aromatic nitrogens is 3. The van der Waals surface area contributed by atoms with Gasteiger partial charge in [-0.2, -0.15) is 4.98 Å². The van der Waals surface area contributed by atoms with Crippen LogP contribution in [-0.2, 0) is 22.7 Å². The van der Waals surface area contributed by atoms with E-state index in [0.29, 0.717) is 11.6 Å². The van der Waals surface area contributed by atoms with E-state index in [4.69, 9.17) is 0 Å². The Kier molecular flexibility index (Phi) is 3.91. The molecule has 0 bridgehead atoms. The van der Waals surface area contributed by atoms with Crippen LogP contribution in [0.25, 0.3) is 5.65 Å². The predicted octanol–water partition coefficient (Wildman–Crippen LogP) is 3.14. The molecule has 5 rings (SSSR count). The van der Waals surface area contributed by atoms with Crippen molar-refractivity contribution in [2.45, 2.75) is 28.7 Å². The minimum atomic E-state index is -3.59. The summed E-state index contributed by atoms with van der Waals surface area (Å²) in [6.45, 7) is 0. The molecular weight excluding hydrogens is 372 g/mol. The Morgan fingerprint density at radius 3 is 2.25 bits per heavy atom. The first-order chi connectivity index (χ1) is 13.6. The summed E-state index contributed by atoms with van der Waals surface area (Å²) >= 11 is 0. The van der Waals surface area contributed by atoms with Gasteiger partial charge in [0.1, 0.15) is 0 Å². The highest BCUT2D eigenvalue weighted by Gasteiger charge is 2.22. The molecule has 140 valence electrons. The molecule has 0 saturated carbocycles. The van der Waals surface area contributed by atoms with Crippen LogP contribution in [0.5, 0.6) is 0 Å². The lowest BCUT2D eigenvalue weighted by atomic mass is 10.1. The van der Waals surface area contributed by atoms with Crippen molar-refractivity contribution in [3.63, 3.8) is 0 Å². The van der Waals surface area contributed by atoms with Crippen molar-refractivity contribution in [3.8, 4) is 0 Å². The summed E-state index contributed by atoms with van der Waals surface area (Å²) in [6.07, 6.45) is 3.37. The van der Waals surface area contributed by atoms with E-state index < -0.39 is 9.84 Å². The summed E-state index contributed by atoms with van der Waals surface area (Å²) < 4.78 is 27.1. The molecule has 4 aromatic rings. The molecule has 1 aliphatic carbocycles. The van der Waals surface area contributed by atoms with Crippen molar-refractivity contribution < 1.29 is 8.42 Å². The fraction of sp³-hybridized carbons (Fsp3) is 0.143. The number of sulfone groups is 1. The van der Waals surface area contributed by atoms with Gasteiger partial charge in [0.15, 0.2) is 5.65 Å². The number of nitrogens with zero attached hydrogens (tertiary/aromatic N) is 3. The van der Waals surface area contributed by atoms with E-state index in [2.05, 4.69) is 39.7 Å². The van der Waals surface area contributed by atoms with Gasteiger partial charge in [-0.3, -0.25) is 0 Å². The zero-order valence-corrected chi connectivity index (χ0v) is 15.8. The van der Waals surface area contributed by atoms with Crippen LogP contribution >= 0.6 is 0 Å². The molecule has 0 fully saturated rings. The first-order valence-electron chi connectivity index (χ1n) is 9.09. The van der Waals surface area contributed by atoms with E-state index in [0.717, 1.165) is 12.8 Å². The molecule has 0 amide bonds. The second kappa shape index (κ2) is 6.45. The van der Waals surface area contributed by atoms with Crippen LogP contribution in [-0.4, -0.2) is 29.1 Å². The fourth-order valence-corrected chi connectivity index (χ4v) is 4.94. The van der Waals surface area contributed by atoms with Gasteiger partial charge < -0.3 is 5.32 Å². The highest BCUT2D eigenvalue weighted by atomic mass is 32.2. The maximum Gasteiger partial charge on any atom is 0.243 e. The van der Waals surface area contributed by atoms with Gasteiger partial charge in [-0.05, 0) is 48.2 Å². The molecule has 2 heterocycles. The van der Waals surface area contributed by atoms with Crippen molar-refractivity contribution in [1.82, 2.24) is 14.6 Å². The number of anilines is 1. The Morgan fingerprint density at radius 2 is 1.54 bits per heavy atom. The number of fused-ring (bicyclic) bond motifs is 2. The van der Waals surface area contributed by atoms with Gasteiger partial charge in [0.25, 0.3) is 0 Å². The molecule has 0 spiro atoms. The van der Waals surface area contributed by atoms with E-state index in [1.54, 1.807) is 42.5 Å². The maximum absolute atomic E-state index is 12.8. The third kappa shape index (κ3) is 2.93. The number of hydrogen-bond acceptors (Lipinski definition) is 5. The van der Waals surface area contributed by atoms with E-state index in [1.807, 2.05) is 0 Å². The predicted molar refractivity (Wildman–Crippen MR) is 106 cm³/mol. The molecule has 1 N–H and O–H groups in total. The minimum Gasteiger partial charge on any atom is -0.350 e. The number of benzene rings is 2. The summed E-state index contributed by atoms with van der Waals surface area (Å²) in [7, 11) is -3.59. The lowest BCUT2D eigenvalue weighted by Gasteiger charge is -2.08. The highest BCUT2D eigenvalue weighted by Crippen LogP contribution is 2.24. The zero-order chi connectivity index (χ0) is 19.1. The normalized spacial score (nSPS) is 14.3. The number of hydrogen-bond donors (Lipinski definition) is 1. The Bertz CT molecular complexity index is 1240. The number of pyridine rings is 1. The van der Waals surface area contributed by atoms with Crippen molar-refractivity contribution in [2.24, 2.45) is 0 Å². The largest absolute Gasteiger partial charge is 0.350 e. The zero-order valence-electron chi connectivity index (χ0n) is 15.0. The lowest BCUT2D eigenvalue weighted by Crippen LogP contribution is -2.20. The average molecular weight is 390 g/mol. The summed E-state index contributed by atoms with van der Waals surface area (Å²) in [5.41, 5.74) is 3.30. The monoisotopic (exact) mass is 390 g/mol. The van der Waals surface area contributed by atoms with Crippen LogP contribution in [0.15, 0.2) is 82.7 Å². The van der Waals surface area contributed by atoms with Crippen LogP contribution in [0.4, 0.5) is 5.95 Å². The lowest BCUT2D eigenvalue weighted by molar-refractivity contribution is 0.595. The molecule has 1 aliphatic rings. The molecule has 2 aromatic carbocycles. The second-order valence-corrected chi connectivity index (χ2v) is 8.89. The van der Waals surface area contributed by atoms with E-state index >= 15 is 0 Å². The van der Waals surface area contributed by atoms with Crippen LogP contribution in [0.3, 0.4) is 0 Å². The van der Waals surface area contributed by atoms with Gasteiger partial charge in [-0.25, -0.2) is 12.9 Å². The van der Waals surface area contributed by atoms with Crippen molar-refractivity contribution in [1.29, 1.82) is 0 Å². The highest BCUT2D eigenvalue weighted by molar-refractivity contribution is 7.91. The maximum atomic E-state index is 12.8. The van der Waals surface area contributed by atoms with E-state index in [9.17, 15) is 8.42 Å². The van der Waals surface area contributed by atoms with Gasteiger partial charge in [-0.1, -0.05) is 42.5 Å². The Morgan fingerprint density at radius 1 is 0.857 bits per heavy atom. The van der Waals surface area contributed by atoms with Gasteiger partial charge in [0.05, 0.1) is 16.0 Å². The summed E-state index contributed by atoms with van der Waals surface area (Å²) in [4.78, 5) is 4.93. The summed E-state index contributed by atoms with van der Waals surface area (Å²) in [5, 5.41) is 7.81. The third-order valence-corrected chi connectivity index (χ3v) is 6.81. The Labute approximate surface area is 162 Å². The van der Waals surface area contributed by atoms with Gasteiger partial charge in [-0.15, -0.1) is 5.10 Å². The van der Waals surface area contributed by atoms with Crippen molar-refractivity contribution >= 4 is 21.4 Å². The molecule has 0 atom stereocenters. The van der Waals surface area contributed by atoms with Gasteiger partial charge in [0, 0.05) is 6.04 Å². The van der Waals surface area contributed by atoms with E-state index in [1.165, 1.54) is 21.8 Å². The molecular formula is C21H18N4O2S. The smallest absolute Gasteiger partial charge is 0.243 e.